The first-order valence-electron chi connectivity index (χ1n) is 9.42. The molecule has 0 aliphatic rings. The van der Waals surface area contributed by atoms with Crippen LogP contribution in [-0.4, -0.2) is 37.5 Å². The van der Waals surface area contributed by atoms with Crippen LogP contribution in [0.25, 0.3) is 0 Å². The third-order valence-corrected chi connectivity index (χ3v) is 4.77. The van der Waals surface area contributed by atoms with E-state index in [1.807, 2.05) is 30.3 Å². The van der Waals surface area contributed by atoms with Crippen molar-refractivity contribution in [2.75, 3.05) is 7.11 Å². The Hall–Kier alpha value is -2.99. The molecule has 0 saturated heterocycles. The molecule has 0 fully saturated rings. The summed E-state index contributed by atoms with van der Waals surface area (Å²) in [4.78, 5) is 36.2. The highest BCUT2D eigenvalue weighted by atomic mass is 16.6. The van der Waals surface area contributed by atoms with Crippen molar-refractivity contribution in [2.24, 2.45) is 11.8 Å². The molecule has 2 aromatic carbocycles. The van der Waals surface area contributed by atoms with Crippen LogP contribution in [0.1, 0.15) is 29.8 Å². The van der Waals surface area contributed by atoms with E-state index in [9.17, 15) is 14.4 Å². The highest BCUT2D eigenvalue weighted by Gasteiger charge is 2.36. The van der Waals surface area contributed by atoms with Gasteiger partial charge in [-0.05, 0) is 24.6 Å². The Bertz CT molecular complexity index is 790. The highest BCUT2D eigenvalue weighted by Crippen LogP contribution is 2.24. The fourth-order valence-corrected chi connectivity index (χ4v) is 3.05. The van der Waals surface area contributed by atoms with Gasteiger partial charge in [0.1, 0.15) is 0 Å². The van der Waals surface area contributed by atoms with Crippen LogP contribution in [0.15, 0.2) is 60.7 Å². The maximum atomic E-state index is 12.4. The van der Waals surface area contributed by atoms with Gasteiger partial charge in [-0.25, -0.2) is 4.79 Å². The second-order valence-corrected chi connectivity index (χ2v) is 6.80. The maximum absolute atomic E-state index is 12.4. The minimum atomic E-state index is -1.07. The van der Waals surface area contributed by atoms with Crippen molar-refractivity contribution in [3.05, 3.63) is 71.8 Å². The topological polar surface area (TPSA) is 78.9 Å². The Morgan fingerprint density at radius 2 is 1.55 bits per heavy atom. The van der Waals surface area contributed by atoms with E-state index in [1.54, 1.807) is 44.2 Å². The van der Waals surface area contributed by atoms with Crippen molar-refractivity contribution >= 4 is 18.2 Å². The van der Waals surface area contributed by atoms with Gasteiger partial charge in [-0.1, -0.05) is 55.5 Å². The van der Waals surface area contributed by atoms with Gasteiger partial charge < -0.3 is 14.2 Å². The molecule has 0 aliphatic heterocycles. The molecule has 0 aliphatic carbocycles. The smallest absolute Gasteiger partial charge is 0.338 e. The van der Waals surface area contributed by atoms with Gasteiger partial charge in [0.15, 0.2) is 12.4 Å². The van der Waals surface area contributed by atoms with Gasteiger partial charge in [0.25, 0.3) is 0 Å². The second kappa shape index (κ2) is 11.1. The molecule has 154 valence electrons. The molecule has 6 heteroatoms. The van der Waals surface area contributed by atoms with Gasteiger partial charge in [0.2, 0.25) is 0 Å². The lowest BCUT2D eigenvalue weighted by Crippen LogP contribution is -2.42. The highest BCUT2D eigenvalue weighted by molar-refractivity contribution is 5.90. The molecule has 6 nitrogen and oxygen atoms in total. The first-order valence-corrected chi connectivity index (χ1v) is 9.42. The molecule has 0 saturated carbocycles. The summed E-state index contributed by atoms with van der Waals surface area (Å²) >= 11 is 0. The van der Waals surface area contributed by atoms with Crippen LogP contribution in [0.4, 0.5) is 0 Å². The number of esters is 2. The molecule has 0 amide bonds. The van der Waals surface area contributed by atoms with Crippen LogP contribution in [0.3, 0.4) is 0 Å². The van der Waals surface area contributed by atoms with Crippen molar-refractivity contribution in [1.82, 2.24) is 0 Å². The summed E-state index contributed by atoms with van der Waals surface area (Å²) in [6.07, 6.45) is -1.20. The van der Waals surface area contributed by atoms with Crippen LogP contribution in [0.2, 0.25) is 0 Å². The van der Waals surface area contributed by atoms with Crippen molar-refractivity contribution in [3.8, 4) is 0 Å². The lowest BCUT2D eigenvalue weighted by Gasteiger charge is -2.31. The Morgan fingerprint density at radius 1 is 0.966 bits per heavy atom. The molecule has 0 heterocycles. The molecule has 4 atom stereocenters. The minimum Gasteiger partial charge on any atom is -0.469 e. The van der Waals surface area contributed by atoms with Crippen molar-refractivity contribution in [1.29, 1.82) is 0 Å². The van der Waals surface area contributed by atoms with E-state index in [-0.39, 0.29) is 6.61 Å². The number of rotatable bonds is 10. The van der Waals surface area contributed by atoms with E-state index in [0.29, 0.717) is 11.8 Å². The second-order valence-electron chi connectivity index (χ2n) is 6.80. The van der Waals surface area contributed by atoms with Crippen LogP contribution < -0.4 is 0 Å². The van der Waals surface area contributed by atoms with Crippen LogP contribution >= 0.6 is 0 Å². The summed E-state index contributed by atoms with van der Waals surface area (Å²) in [5.74, 6) is -2.30. The van der Waals surface area contributed by atoms with Gasteiger partial charge in [-0.15, -0.1) is 0 Å². The summed E-state index contributed by atoms with van der Waals surface area (Å²) < 4.78 is 16.2. The van der Waals surface area contributed by atoms with Crippen LogP contribution in [0.5, 0.6) is 0 Å². The van der Waals surface area contributed by atoms with Crippen molar-refractivity contribution < 1.29 is 28.6 Å². The van der Waals surface area contributed by atoms with Crippen LogP contribution in [-0.2, 0) is 30.4 Å². The predicted octanol–water partition coefficient (Wildman–Crippen LogP) is 3.44. The molecular formula is C23H26O6. The normalized spacial score (nSPS) is 14.9. The molecule has 0 N–H and O–H groups in total. The van der Waals surface area contributed by atoms with Gasteiger partial charge in [0.05, 0.1) is 31.3 Å². The molecule has 0 unspecified atom stereocenters. The van der Waals surface area contributed by atoms with Gasteiger partial charge >= 0.3 is 11.9 Å². The number of methoxy groups -OCH3 is 1. The fraction of sp³-hybridized carbons (Fsp3) is 0.348. The largest absolute Gasteiger partial charge is 0.469 e. The Kier molecular flexibility index (Phi) is 8.55. The van der Waals surface area contributed by atoms with E-state index < -0.39 is 36.0 Å². The zero-order valence-electron chi connectivity index (χ0n) is 16.8. The molecule has 0 bridgehead atoms. The van der Waals surface area contributed by atoms with Crippen molar-refractivity contribution in [2.45, 2.75) is 32.7 Å². The molecule has 0 spiro atoms. The van der Waals surface area contributed by atoms with Gasteiger partial charge in [-0.2, -0.15) is 0 Å². The average Bonchev–Trinajstić information content (AvgIpc) is 2.77. The van der Waals surface area contributed by atoms with E-state index >= 15 is 0 Å². The lowest BCUT2D eigenvalue weighted by atomic mass is 9.89. The predicted molar refractivity (Wildman–Crippen MR) is 107 cm³/mol. The van der Waals surface area contributed by atoms with E-state index in [4.69, 9.17) is 14.2 Å². The summed E-state index contributed by atoms with van der Waals surface area (Å²) in [6.45, 7) is 3.63. The Morgan fingerprint density at radius 3 is 2.10 bits per heavy atom. The first kappa shape index (κ1) is 22.3. The maximum Gasteiger partial charge on any atom is 0.338 e. The van der Waals surface area contributed by atoms with E-state index in [2.05, 4.69) is 0 Å². The minimum absolute atomic E-state index is 0.245. The number of benzene rings is 2. The van der Waals surface area contributed by atoms with Crippen LogP contribution in [0, 0.1) is 11.8 Å². The summed E-state index contributed by atoms with van der Waals surface area (Å²) in [5, 5.41) is 0. The zero-order valence-corrected chi connectivity index (χ0v) is 16.8. The average molecular weight is 398 g/mol. The number of hydrogen-bond acceptors (Lipinski definition) is 6. The monoisotopic (exact) mass is 398 g/mol. The van der Waals surface area contributed by atoms with Gasteiger partial charge in [0, 0.05) is 5.92 Å². The number of aldehydes is 1. The number of carbonyl (C=O) groups is 3. The number of ether oxygens (including phenoxy) is 3. The summed E-state index contributed by atoms with van der Waals surface area (Å²) in [6, 6.07) is 17.9. The third-order valence-electron chi connectivity index (χ3n) is 4.77. The summed E-state index contributed by atoms with van der Waals surface area (Å²) in [7, 11) is 1.30. The molecule has 2 rings (SSSR count). The first-order chi connectivity index (χ1) is 14.0. The van der Waals surface area contributed by atoms with E-state index in [0.717, 1.165) is 5.56 Å². The van der Waals surface area contributed by atoms with E-state index in [1.165, 1.54) is 7.11 Å². The quantitative estimate of drug-likeness (QED) is 0.451. The number of carbonyl (C=O) groups excluding carboxylic acids is 3. The summed E-state index contributed by atoms with van der Waals surface area (Å²) in [5.41, 5.74) is 1.26. The fourth-order valence-electron chi connectivity index (χ4n) is 3.05. The third kappa shape index (κ3) is 6.26. The molecule has 0 radical (unpaired) electrons. The standard InChI is InChI=1S/C23H26O6/c1-16(20(14-24)29-23(26)19-12-8-5-9-13-19)21(17(2)22(25)27-3)28-15-18-10-6-4-7-11-18/h4-14,16-17,20-21H,15H2,1-3H3/t16-,17+,20+,21-/m1/s1. The lowest BCUT2D eigenvalue weighted by molar-refractivity contribution is -0.156. The molecule has 2 aromatic rings. The molecule has 0 aromatic heterocycles. The molecular weight excluding hydrogens is 372 g/mol. The van der Waals surface area contributed by atoms with Gasteiger partial charge in [-0.3, -0.25) is 9.59 Å². The number of hydrogen-bond donors (Lipinski definition) is 0. The van der Waals surface area contributed by atoms with Crippen molar-refractivity contribution in [3.63, 3.8) is 0 Å². The zero-order chi connectivity index (χ0) is 21.2. The molecule has 29 heavy (non-hydrogen) atoms. The Labute approximate surface area is 170 Å². The Balaban J connectivity index is 2.16. The SMILES string of the molecule is COC(=O)[C@@H](C)[C@H](OCc1ccccc1)[C@H](C)[C@H](C=O)OC(=O)c1ccccc1.